The van der Waals surface area contributed by atoms with Gasteiger partial charge in [0.1, 0.15) is 5.65 Å². The van der Waals surface area contributed by atoms with E-state index in [0.717, 1.165) is 6.07 Å². The molecular formula is C12H6F3N3O2. The summed E-state index contributed by atoms with van der Waals surface area (Å²) in [6, 6.07) is 6.20. The maximum Gasteiger partial charge on any atom is 0.416 e. The molecule has 3 aromatic rings. The molecule has 0 spiro atoms. The van der Waals surface area contributed by atoms with Crippen LogP contribution in [0, 0.1) is 10.1 Å². The predicted octanol–water partition coefficient (Wildman–Crippen LogP) is 3.41. The van der Waals surface area contributed by atoms with Crippen LogP contribution in [0.5, 0.6) is 0 Å². The third-order valence-corrected chi connectivity index (χ3v) is 2.92. The van der Waals surface area contributed by atoms with E-state index >= 15 is 0 Å². The smallest absolute Gasteiger partial charge is 0.299 e. The first kappa shape index (κ1) is 12.4. The fourth-order valence-electron chi connectivity index (χ4n) is 2.05. The highest BCUT2D eigenvalue weighted by Crippen LogP contribution is 2.36. The van der Waals surface area contributed by atoms with Crippen molar-refractivity contribution in [1.82, 2.24) is 9.38 Å². The zero-order valence-corrected chi connectivity index (χ0v) is 9.76. The number of hydrogen-bond acceptors (Lipinski definition) is 3. The van der Waals surface area contributed by atoms with Gasteiger partial charge in [0.25, 0.3) is 5.69 Å². The Balaban J connectivity index is 2.48. The Hall–Kier alpha value is -2.64. The molecule has 0 saturated carbocycles. The number of pyridine rings is 1. The fraction of sp³-hybridized carbons (Fsp3) is 0.0833. The van der Waals surface area contributed by atoms with E-state index < -0.39 is 22.4 Å². The van der Waals surface area contributed by atoms with Gasteiger partial charge < -0.3 is 0 Å². The van der Waals surface area contributed by atoms with Crippen molar-refractivity contribution >= 4 is 22.4 Å². The second-order valence-corrected chi connectivity index (χ2v) is 4.16. The van der Waals surface area contributed by atoms with Gasteiger partial charge >= 0.3 is 6.18 Å². The first-order valence-corrected chi connectivity index (χ1v) is 5.50. The highest BCUT2D eigenvalue weighted by molar-refractivity contribution is 5.89. The topological polar surface area (TPSA) is 60.4 Å². The summed E-state index contributed by atoms with van der Waals surface area (Å²) in [4.78, 5) is 14.1. The van der Waals surface area contributed by atoms with Crippen molar-refractivity contribution in [2.24, 2.45) is 0 Å². The van der Waals surface area contributed by atoms with E-state index in [2.05, 4.69) is 4.98 Å². The van der Waals surface area contributed by atoms with Crippen LogP contribution in [0.4, 0.5) is 18.9 Å². The Morgan fingerprint density at radius 2 is 2.00 bits per heavy atom. The number of nitro benzene ring substituents is 1. The minimum absolute atomic E-state index is 0.0575. The van der Waals surface area contributed by atoms with E-state index in [4.69, 9.17) is 0 Å². The molecule has 0 N–H and O–H groups in total. The Labute approximate surface area is 109 Å². The molecule has 0 saturated heterocycles. The Kier molecular flexibility index (Phi) is 2.43. The van der Waals surface area contributed by atoms with Gasteiger partial charge in [0.15, 0.2) is 5.52 Å². The van der Waals surface area contributed by atoms with Crippen molar-refractivity contribution in [1.29, 1.82) is 0 Å². The molecule has 102 valence electrons. The fourth-order valence-corrected chi connectivity index (χ4v) is 2.05. The number of hydrogen-bond donors (Lipinski definition) is 0. The zero-order chi connectivity index (χ0) is 14.5. The summed E-state index contributed by atoms with van der Waals surface area (Å²) < 4.78 is 39.8. The summed E-state index contributed by atoms with van der Waals surface area (Å²) in [7, 11) is 0. The summed E-state index contributed by atoms with van der Waals surface area (Å²) in [5.41, 5.74) is -1.37. The lowest BCUT2D eigenvalue weighted by Crippen LogP contribution is -2.06. The van der Waals surface area contributed by atoms with Crippen LogP contribution in [0.2, 0.25) is 0 Å². The maximum atomic E-state index is 12.8. The van der Waals surface area contributed by atoms with Gasteiger partial charge in [-0.2, -0.15) is 13.2 Å². The summed E-state index contributed by atoms with van der Waals surface area (Å²) in [6.45, 7) is 0. The SMILES string of the molecule is O=[N+]([O-])c1cc(C(F)(F)F)cc2c1nc1ccccn12. The highest BCUT2D eigenvalue weighted by Gasteiger charge is 2.34. The Morgan fingerprint density at radius 3 is 2.65 bits per heavy atom. The predicted molar refractivity (Wildman–Crippen MR) is 64.4 cm³/mol. The third kappa shape index (κ3) is 1.77. The molecule has 0 amide bonds. The average Bonchev–Trinajstić information content (AvgIpc) is 2.74. The van der Waals surface area contributed by atoms with E-state index in [1.165, 1.54) is 10.6 Å². The second-order valence-electron chi connectivity index (χ2n) is 4.16. The van der Waals surface area contributed by atoms with Crippen LogP contribution in [-0.2, 0) is 6.18 Å². The molecule has 0 aliphatic carbocycles. The van der Waals surface area contributed by atoms with E-state index in [9.17, 15) is 23.3 Å². The Bertz CT molecular complexity index is 839. The van der Waals surface area contributed by atoms with Gasteiger partial charge in [0, 0.05) is 12.3 Å². The van der Waals surface area contributed by atoms with Crippen molar-refractivity contribution in [3.05, 3.63) is 52.2 Å². The molecule has 2 heterocycles. The molecular weight excluding hydrogens is 275 g/mol. The van der Waals surface area contributed by atoms with E-state index in [1.54, 1.807) is 18.2 Å². The molecule has 5 nitrogen and oxygen atoms in total. The molecule has 3 rings (SSSR count). The lowest BCUT2D eigenvalue weighted by Gasteiger charge is -2.06. The van der Waals surface area contributed by atoms with E-state index in [0.29, 0.717) is 11.7 Å². The number of fused-ring (bicyclic) bond motifs is 3. The molecule has 20 heavy (non-hydrogen) atoms. The number of nitrogens with zero attached hydrogens (tertiary/aromatic N) is 3. The number of imidazole rings is 1. The van der Waals surface area contributed by atoms with Crippen LogP contribution in [0.25, 0.3) is 16.7 Å². The summed E-state index contributed by atoms with van der Waals surface area (Å²) in [6.07, 6.45) is -3.15. The van der Waals surface area contributed by atoms with Crippen LogP contribution in [0.3, 0.4) is 0 Å². The standard InChI is InChI=1S/C12H6F3N3O2/c13-12(14,15)7-5-8-11(9(6-7)18(19)20)16-10-3-1-2-4-17(8)10/h1-6H. The van der Waals surface area contributed by atoms with Gasteiger partial charge in [-0.15, -0.1) is 0 Å². The number of non-ortho nitro benzene ring substituents is 1. The van der Waals surface area contributed by atoms with Crippen molar-refractivity contribution in [3.8, 4) is 0 Å². The molecule has 0 atom stereocenters. The van der Waals surface area contributed by atoms with Gasteiger partial charge in [0.05, 0.1) is 16.0 Å². The maximum absolute atomic E-state index is 12.8. The lowest BCUT2D eigenvalue weighted by molar-refractivity contribution is -0.383. The summed E-state index contributed by atoms with van der Waals surface area (Å²) >= 11 is 0. The Morgan fingerprint density at radius 1 is 1.25 bits per heavy atom. The first-order chi connectivity index (χ1) is 9.38. The quantitative estimate of drug-likeness (QED) is 0.507. The second kappa shape index (κ2) is 3.92. The third-order valence-electron chi connectivity index (χ3n) is 2.92. The zero-order valence-electron chi connectivity index (χ0n) is 9.76. The van der Waals surface area contributed by atoms with Crippen molar-refractivity contribution in [2.45, 2.75) is 6.18 Å². The molecule has 2 aromatic heterocycles. The molecule has 0 unspecified atom stereocenters. The molecule has 8 heteroatoms. The molecule has 0 fully saturated rings. The van der Waals surface area contributed by atoms with Gasteiger partial charge in [0.2, 0.25) is 0 Å². The van der Waals surface area contributed by atoms with Gasteiger partial charge in [-0.3, -0.25) is 14.5 Å². The van der Waals surface area contributed by atoms with E-state index in [1.807, 2.05) is 0 Å². The number of benzene rings is 1. The number of rotatable bonds is 1. The van der Waals surface area contributed by atoms with E-state index in [-0.39, 0.29) is 11.0 Å². The van der Waals surface area contributed by atoms with Crippen LogP contribution in [-0.4, -0.2) is 14.3 Å². The van der Waals surface area contributed by atoms with Gasteiger partial charge in [-0.1, -0.05) is 6.07 Å². The number of aromatic nitrogens is 2. The van der Waals surface area contributed by atoms with Crippen molar-refractivity contribution in [2.75, 3.05) is 0 Å². The first-order valence-electron chi connectivity index (χ1n) is 5.50. The van der Waals surface area contributed by atoms with Crippen LogP contribution in [0.15, 0.2) is 36.5 Å². The minimum atomic E-state index is -4.65. The number of nitro groups is 1. The van der Waals surface area contributed by atoms with Gasteiger partial charge in [-0.25, -0.2) is 4.98 Å². The minimum Gasteiger partial charge on any atom is -0.299 e. The summed E-state index contributed by atoms with van der Waals surface area (Å²) in [5, 5.41) is 11.0. The van der Waals surface area contributed by atoms with Crippen molar-refractivity contribution < 1.29 is 18.1 Å². The molecule has 0 radical (unpaired) electrons. The van der Waals surface area contributed by atoms with Crippen LogP contribution < -0.4 is 0 Å². The number of alkyl halides is 3. The largest absolute Gasteiger partial charge is 0.416 e. The normalized spacial score (nSPS) is 12.2. The number of halogens is 3. The molecule has 0 aliphatic rings. The highest BCUT2D eigenvalue weighted by atomic mass is 19.4. The molecule has 0 aliphatic heterocycles. The molecule has 1 aromatic carbocycles. The monoisotopic (exact) mass is 281 g/mol. The molecule has 0 bridgehead atoms. The van der Waals surface area contributed by atoms with Crippen LogP contribution >= 0.6 is 0 Å². The lowest BCUT2D eigenvalue weighted by atomic mass is 10.1. The summed E-state index contributed by atoms with van der Waals surface area (Å²) in [5.74, 6) is 0. The average molecular weight is 281 g/mol. The van der Waals surface area contributed by atoms with Gasteiger partial charge in [-0.05, 0) is 18.2 Å². The van der Waals surface area contributed by atoms with Crippen LogP contribution in [0.1, 0.15) is 5.56 Å². The van der Waals surface area contributed by atoms with Crippen molar-refractivity contribution in [3.63, 3.8) is 0 Å².